The third kappa shape index (κ3) is 6.73. The molecule has 1 heterocycles. The standard InChI is InChI=1S/C16H35N3/c1-7-17-14(8-9-16(2,3)4)12-15-13-18(5)10-11-19(15)6/h14-15,17H,7-13H2,1-6H3. The number of likely N-dealkylation sites (N-methyl/N-ethyl adjacent to an activating group) is 2. The Morgan fingerprint density at radius 3 is 2.47 bits per heavy atom. The second-order valence-electron chi connectivity index (χ2n) is 7.49. The van der Waals surface area contributed by atoms with Crippen LogP contribution in [0.15, 0.2) is 0 Å². The first-order valence-electron chi connectivity index (χ1n) is 7.94. The first-order valence-corrected chi connectivity index (χ1v) is 7.94. The lowest BCUT2D eigenvalue weighted by Gasteiger charge is -2.39. The van der Waals surface area contributed by atoms with E-state index >= 15 is 0 Å². The van der Waals surface area contributed by atoms with Gasteiger partial charge in [-0.25, -0.2) is 0 Å². The van der Waals surface area contributed by atoms with Crippen LogP contribution in [0, 0.1) is 5.41 Å². The summed E-state index contributed by atoms with van der Waals surface area (Å²) in [6, 6.07) is 1.38. The van der Waals surface area contributed by atoms with Crippen LogP contribution in [0.4, 0.5) is 0 Å². The summed E-state index contributed by atoms with van der Waals surface area (Å²) in [5.41, 5.74) is 0.447. The SMILES string of the molecule is CCNC(CCC(C)(C)C)CC1CN(C)CCN1C. The molecule has 0 saturated carbocycles. The topological polar surface area (TPSA) is 18.5 Å². The van der Waals surface area contributed by atoms with Crippen molar-refractivity contribution in [3.05, 3.63) is 0 Å². The molecule has 2 atom stereocenters. The van der Waals surface area contributed by atoms with Gasteiger partial charge in [-0.1, -0.05) is 27.7 Å². The molecule has 1 aliphatic heterocycles. The quantitative estimate of drug-likeness (QED) is 0.799. The van der Waals surface area contributed by atoms with Gasteiger partial charge in [-0.2, -0.15) is 0 Å². The molecular weight excluding hydrogens is 234 g/mol. The van der Waals surface area contributed by atoms with Gasteiger partial charge in [0, 0.05) is 31.7 Å². The summed E-state index contributed by atoms with van der Waals surface area (Å²) in [7, 11) is 4.53. The average molecular weight is 269 g/mol. The summed E-state index contributed by atoms with van der Waals surface area (Å²) in [5, 5.41) is 3.69. The van der Waals surface area contributed by atoms with Crippen molar-refractivity contribution in [2.75, 3.05) is 40.3 Å². The van der Waals surface area contributed by atoms with Gasteiger partial charge in [0.25, 0.3) is 0 Å². The van der Waals surface area contributed by atoms with Crippen molar-refractivity contribution < 1.29 is 0 Å². The molecular formula is C16H35N3. The fraction of sp³-hybridized carbons (Fsp3) is 1.00. The van der Waals surface area contributed by atoms with Crippen molar-refractivity contribution in [2.45, 2.75) is 59.0 Å². The molecule has 3 nitrogen and oxygen atoms in total. The van der Waals surface area contributed by atoms with Crippen LogP contribution >= 0.6 is 0 Å². The van der Waals surface area contributed by atoms with Crippen molar-refractivity contribution in [1.82, 2.24) is 15.1 Å². The Morgan fingerprint density at radius 1 is 1.21 bits per heavy atom. The van der Waals surface area contributed by atoms with Crippen LogP contribution in [-0.4, -0.2) is 62.2 Å². The van der Waals surface area contributed by atoms with Gasteiger partial charge in [0.1, 0.15) is 0 Å². The maximum absolute atomic E-state index is 3.69. The smallest absolute Gasteiger partial charge is 0.0235 e. The minimum atomic E-state index is 0.447. The highest BCUT2D eigenvalue weighted by atomic mass is 15.3. The van der Waals surface area contributed by atoms with Crippen molar-refractivity contribution in [3.63, 3.8) is 0 Å². The highest BCUT2D eigenvalue weighted by Gasteiger charge is 2.25. The van der Waals surface area contributed by atoms with Crippen molar-refractivity contribution in [2.24, 2.45) is 5.41 Å². The number of hydrogen-bond acceptors (Lipinski definition) is 3. The van der Waals surface area contributed by atoms with E-state index in [2.05, 4.69) is 56.9 Å². The molecule has 1 fully saturated rings. The molecule has 0 radical (unpaired) electrons. The fourth-order valence-corrected chi connectivity index (χ4v) is 2.88. The van der Waals surface area contributed by atoms with Crippen LogP contribution in [0.2, 0.25) is 0 Å². The van der Waals surface area contributed by atoms with Crippen molar-refractivity contribution in [3.8, 4) is 0 Å². The van der Waals surface area contributed by atoms with E-state index in [1.165, 1.54) is 38.9 Å². The largest absolute Gasteiger partial charge is 0.314 e. The van der Waals surface area contributed by atoms with E-state index in [0.717, 1.165) is 6.54 Å². The summed E-state index contributed by atoms with van der Waals surface area (Å²) in [6.07, 6.45) is 3.88. The summed E-state index contributed by atoms with van der Waals surface area (Å²) < 4.78 is 0. The second-order valence-corrected chi connectivity index (χ2v) is 7.49. The maximum Gasteiger partial charge on any atom is 0.0235 e. The van der Waals surface area contributed by atoms with E-state index in [1.807, 2.05) is 0 Å². The Balaban J connectivity index is 2.47. The van der Waals surface area contributed by atoms with Gasteiger partial charge in [-0.3, -0.25) is 0 Å². The maximum atomic E-state index is 3.69. The van der Waals surface area contributed by atoms with Crippen LogP contribution in [0.25, 0.3) is 0 Å². The zero-order valence-corrected chi connectivity index (χ0v) is 14.0. The molecule has 0 aromatic heterocycles. The first-order chi connectivity index (χ1) is 8.81. The van der Waals surface area contributed by atoms with Gasteiger partial charge >= 0.3 is 0 Å². The lowest BCUT2D eigenvalue weighted by atomic mass is 9.87. The van der Waals surface area contributed by atoms with Crippen LogP contribution in [0.1, 0.15) is 47.0 Å². The first kappa shape index (κ1) is 16.9. The zero-order valence-electron chi connectivity index (χ0n) is 14.0. The van der Waals surface area contributed by atoms with Crippen LogP contribution in [0.3, 0.4) is 0 Å². The highest BCUT2D eigenvalue weighted by molar-refractivity contribution is 4.84. The number of piperazine rings is 1. The van der Waals surface area contributed by atoms with E-state index in [4.69, 9.17) is 0 Å². The Kier molecular flexibility index (Phi) is 6.78. The number of rotatable bonds is 6. The van der Waals surface area contributed by atoms with Gasteiger partial charge in [0.2, 0.25) is 0 Å². The molecule has 0 aliphatic carbocycles. The number of nitrogens with zero attached hydrogens (tertiary/aromatic N) is 2. The van der Waals surface area contributed by atoms with Crippen LogP contribution in [-0.2, 0) is 0 Å². The molecule has 1 saturated heterocycles. The van der Waals surface area contributed by atoms with Gasteiger partial charge < -0.3 is 15.1 Å². The molecule has 0 aromatic carbocycles. The van der Waals surface area contributed by atoms with Crippen molar-refractivity contribution >= 4 is 0 Å². The number of nitrogens with one attached hydrogen (secondary N) is 1. The Morgan fingerprint density at radius 2 is 1.89 bits per heavy atom. The molecule has 3 heteroatoms. The summed E-state index contributed by atoms with van der Waals surface area (Å²) in [6.45, 7) is 14.0. The minimum Gasteiger partial charge on any atom is -0.314 e. The van der Waals surface area contributed by atoms with E-state index < -0.39 is 0 Å². The Labute approximate surface area is 120 Å². The zero-order chi connectivity index (χ0) is 14.5. The molecule has 0 bridgehead atoms. The van der Waals surface area contributed by atoms with E-state index in [9.17, 15) is 0 Å². The predicted octanol–water partition coefficient (Wildman–Crippen LogP) is 2.43. The summed E-state index contributed by atoms with van der Waals surface area (Å²) >= 11 is 0. The molecule has 1 N–H and O–H groups in total. The molecule has 0 spiro atoms. The van der Waals surface area contributed by atoms with Gasteiger partial charge in [0.15, 0.2) is 0 Å². The third-order valence-corrected chi connectivity index (χ3v) is 4.27. The molecule has 2 unspecified atom stereocenters. The third-order valence-electron chi connectivity index (χ3n) is 4.27. The van der Waals surface area contributed by atoms with Gasteiger partial charge in [-0.05, 0) is 45.3 Å². The Bertz CT molecular complexity index is 247. The van der Waals surface area contributed by atoms with Crippen LogP contribution in [0.5, 0.6) is 0 Å². The number of hydrogen-bond donors (Lipinski definition) is 1. The monoisotopic (exact) mass is 269 g/mol. The van der Waals surface area contributed by atoms with Crippen molar-refractivity contribution in [1.29, 1.82) is 0 Å². The molecule has 0 amide bonds. The normalized spacial score (nSPS) is 24.6. The summed E-state index contributed by atoms with van der Waals surface area (Å²) in [5.74, 6) is 0. The van der Waals surface area contributed by atoms with Gasteiger partial charge in [-0.15, -0.1) is 0 Å². The van der Waals surface area contributed by atoms with Crippen LogP contribution < -0.4 is 5.32 Å². The highest BCUT2D eigenvalue weighted by Crippen LogP contribution is 2.23. The van der Waals surface area contributed by atoms with E-state index in [0.29, 0.717) is 17.5 Å². The fourth-order valence-electron chi connectivity index (χ4n) is 2.88. The molecule has 1 aliphatic rings. The van der Waals surface area contributed by atoms with Gasteiger partial charge in [0.05, 0.1) is 0 Å². The second kappa shape index (κ2) is 7.61. The predicted molar refractivity (Wildman–Crippen MR) is 84.7 cm³/mol. The molecule has 19 heavy (non-hydrogen) atoms. The lowest BCUT2D eigenvalue weighted by molar-refractivity contribution is 0.0989. The minimum absolute atomic E-state index is 0.447. The average Bonchev–Trinajstić information content (AvgIpc) is 2.30. The molecule has 0 aromatic rings. The molecule has 1 rings (SSSR count). The molecule has 114 valence electrons. The van der Waals surface area contributed by atoms with E-state index in [1.54, 1.807) is 0 Å². The Hall–Kier alpha value is -0.120. The lowest BCUT2D eigenvalue weighted by Crippen LogP contribution is -2.52. The van der Waals surface area contributed by atoms with E-state index in [-0.39, 0.29) is 0 Å². The summed E-state index contributed by atoms with van der Waals surface area (Å²) in [4.78, 5) is 5.01.